The number of ether oxygens (including phenoxy) is 2. The second-order valence-electron chi connectivity index (χ2n) is 8.18. The molecule has 4 aromatic rings. The van der Waals surface area contributed by atoms with E-state index in [4.69, 9.17) is 32.7 Å². The molecule has 4 nitrogen and oxygen atoms in total. The van der Waals surface area contributed by atoms with Crippen molar-refractivity contribution in [3.05, 3.63) is 128 Å². The van der Waals surface area contributed by atoms with Crippen LogP contribution in [0.5, 0.6) is 11.5 Å². The molecule has 0 fully saturated rings. The molecule has 0 saturated carbocycles. The maximum absolute atomic E-state index is 12.4. The molecule has 0 aliphatic rings. The van der Waals surface area contributed by atoms with Gasteiger partial charge in [-0.1, -0.05) is 82.9 Å². The summed E-state index contributed by atoms with van der Waals surface area (Å²) in [6, 6.07) is 25.5. The Labute approximate surface area is 222 Å². The standard InChI is InChI=1S/C15H15ClO2.C15H13ClO2/c2*1-10-7-8-13(16)12(9-10)15(17)11-5-3-4-6-14(11)18-2/h3-9,15,17H,1-2H3;3-9H,1-2H3. The van der Waals surface area contributed by atoms with Gasteiger partial charge in [-0.15, -0.1) is 0 Å². The van der Waals surface area contributed by atoms with Crippen LogP contribution in [0.25, 0.3) is 0 Å². The van der Waals surface area contributed by atoms with Gasteiger partial charge in [0.1, 0.15) is 17.6 Å². The lowest BCUT2D eigenvalue weighted by Gasteiger charge is -2.16. The monoisotopic (exact) mass is 522 g/mol. The van der Waals surface area contributed by atoms with Crippen LogP contribution in [0.3, 0.4) is 0 Å². The van der Waals surface area contributed by atoms with E-state index >= 15 is 0 Å². The first kappa shape index (κ1) is 27.3. The molecule has 0 heterocycles. The SMILES string of the molecule is COc1ccccc1C(=O)c1cc(C)ccc1Cl.COc1ccccc1C(O)c1cc(C)ccc1Cl. The van der Waals surface area contributed by atoms with Crippen molar-refractivity contribution in [3.8, 4) is 11.5 Å². The van der Waals surface area contributed by atoms with Gasteiger partial charge in [-0.05, 0) is 50.2 Å². The fourth-order valence-electron chi connectivity index (χ4n) is 3.72. The Kier molecular flexibility index (Phi) is 9.54. The number of para-hydroxylation sites is 2. The summed E-state index contributed by atoms with van der Waals surface area (Å²) in [5.41, 5.74) is 4.49. The van der Waals surface area contributed by atoms with E-state index in [1.165, 1.54) is 0 Å². The number of rotatable bonds is 6. The molecule has 1 unspecified atom stereocenters. The predicted octanol–water partition coefficient (Wildman–Crippen LogP) is 7.63. The smallest absolute Gasteiger partial charge is 0.198 e. The lowest BCUT2D eigenvalue weighted by Crippen LogP contribution is -2.04. The first-order chi connectivity index (χ1) is 17.3. The van der Waals surface area contributed by atoms with Crippen molar-refractivity contribution >= 4 is 29.0 Å². The van der Waals surface area contributed by atoms with Gasteiger partial charge in [-0.2, -0.15) is 0 Å². The molecule has 1 atom stereocenters. The molecule has 6 heteroatoms. The molecule has 0 radical (unpaired) electrons. The first-order valence-electron chi connectivity index (χ1n) is 11.3. The number of methoxy groups -OCH3 is 2. The number of hydrogen-bond acceptors (Lipinski definition) is 4. The summed E-state index contributed by atoms with van der Waals surface area (Å²) in [6.45, 7) is 3.89. The van der Waals surface area contributed by atoms with E-state index in [2.05, 4.69) is 0 Å². The van der Waals surface area contributed by atoms with Crippen molar-refractivity contribution in [2.45, 2.75) is 20.0 Å². The summed E-state index contributed by atoms with van der Waals surface area (Å²) in [5, 5.41) is 11.5. The third-order valence-corrected chi connectivity index (χ3v) is 6.27. The molecule has 1 N–H and O–H groups in total. The Morgan fingerprint density at radius 2 is 1.25 bits per heavy atom. The van der Waals surface area contributed by atoms with Gasteiger partial charge >= 0.3 is 0 Å². The zero-order chi connectivity index (χ0) is 26.2. The lowest BCUT2D eigenvalue weighted by molar-refractivity contribution is 0.103. The number of aliphatic hydroxyl groups is 1. The number of benzene rings is 4. The molecule has 0 aromatic heterocycles. The maximum atomic E-state index is 12.4. The summed E-state index contributed by atoms with van der Waals surface area (Å²) in [4.78, 5) is 12.4. The zero-order valence-corrected chi connectivity index (χ0v) is 22.1. The van der Waals surface area contributed by atoms with E-state index in [-0.39, 0.29) is 5.78 Å². The Bertz CT molecular complexity index is 1350. The quantitative estimate of drug-likeness (QED) is 0.264. The van der Waals surface area contributed by atoms with Gasteiger partial charge in [-0.25, -0.2) is 0 Å². The number of ketones is 1. The van der Waals surface area contributed by atoms with Crippen LogP contribution in [0.2, 0.25) is 10.0 Å². The summed E-state index contributed by atoms with van der Waals surface area (Å²) in [5.74, 6) is 1.09. The van der Waals surface area contributed by atoms with Gasteiger partial charge in [-0.3, -0.25) is 4.79 Å². The Hall–Kier alpha value is -3.31. The second kappa shape index (κ2) is 12.6. The number of carbonyl (C=O) groups excluding carboxylic acids is 1. The van der Waals surface area contributed by atoms with E-state index in [1.54, 1.807) is 50.6 Å². The van der Waals surface area contributed by atoms with Crippen molar-refractivity contribution in [2.24, 2.45) is 0 Å². The second-order valence-corrected chi connectivity index (χ2v) is 9.00. The Balaban J connectivity index is 0.000000201. The number of hydrogen-bond donors (Lipinski definition) is 1. The van der Waals surface area contributed by atoms with Crippen LogP contribution < -0.4 is 9.47 Å². The average molecular weight is 523 g/mol. The van der Waals surface area contributed by atoms with E-state index in [9.17, 15) is 9.90 Å². The molecule has 186 valence electrons. The Morgan fingerprint density at radius 1 is 0.694 bits per heavy atom. The molecule has 0 amide bonds. The molecule has 4 rings (SSSR count). The minimum atomic E-state index is -0.784. The number of carbonyl (C=O) groups is 1. The van der Waals surface area contributed by atoms with Crippen molar-refractivity contribution < 1.29 is 19.4 Å². The highest BCUT2D eigenvalue weighted by molar-refractivity contribution is 6.35. The highest BCUT2D eigenvalue weighted by Gasteiger charge is 2.18. The summed E-state index contributed by atoms with van der Waals surface area (Å²) < 4.78 is 10.4. The van der Waals surface area contributed by atoms with Crippen molar-refractivity contribution in [3.63, 3.8) is 0 Å². The molecule has 0 aliphatic carbocycles. The lowest BCUT2D eigenvalue weighted by atomic mass is 9.99. The van der Waals surface area contributed by atoms with Crippen LogP contribution in [0.4, 0.5) is 0 Å². The topological polar surface area (TPSA) is 55.8 Å². The molecular weight excluding hydrogens is 495 g/mol. The van der Waals surface area contributed by atoms with Crippen LogP contribution in [-0.4, -0.2) is 25.1 Å². The minimum absolute atomic E-state index is 0.124. The van der Waals surface area contributed by atoms with E-state index in [0.29, 0.717) is 43.8 Å². The van der Waals surface area contributed by atoms with Gasteiger partial charge < -0.3 is 14.6 Å². The predicted molar refractivity (Wildman–Crippen MR) is 146 cm³/mol. The van der Waals surface area contributed by atoms with Crippen LogP contribution in [0.1, 0.15) is 44.3 Å². The first-order valence-corrected chi connectivity index (χ1v) is 12.0. The van der Waals surface area contributed by atoms with E-state index in [0.717, 1.165) is 11.1 Å². The Morgan fingerprint density at radius 3 is 1.92 bits per heavy atom. The largest absolute Gasteiger partial charge is 0.496 e. The van der Waals surface area contributed by atoms with Gasteiger partial charge in [0.15, 0.2) is 5.78 Å². The van der Waals surface area contributed by atoms with Crippen molar-refractivity contribution in [1.29, 1.82) is 0 Å². The van der Waals surface area contributed by atoms with Gasteiger partial charge in [0.25, 0.3) is 0 Å². The third-order valence-electron chi connectivity index (χ3n) is 5.60. The summed E-state index contributed by atoms with van der Waals surface area (Å²) in [7, 11) is 3.13. The van der Waals surface area contributed by atoms with E-state index in [1.807, 2.05) is 62.4 Å². The van der Waals surface area contributed by atoms with Crippen LogP contribution in [0.15, 0.2) is 84.9 Å². The molecule has 0 bridgehead atoms. The normalized spacial score (nSPS) is 11.2. The van der Waals surface area contributed by atoms with Crippen LogP contribution >= 0.6 is 23.2 Å². The van der Waals surface area contributed by atoms with Gasteiger partial charge in [0.05, 0.1) is 24.8 Å². The fourth-order valence-corrected chi connectivity index (χ4v) is 4.15. The minimum Gasteiger partial charge on any atom is -0.496 e. The van der Waals surface area contributed by atoms with Crippen molar-refractivity contribution in [2.75, 3.05) is 14.2 Å². The molecular formula is C30H28Cl2O4. The molecule has 0 aliphatic heterocycles. The number of halogens is 2. The highest BCUT2D eigenvalue weighted by Crippen LogP contribution is 2.33. The van der Waals surface area contributed by atoms with Crippen LogP contribution in [0, 0.1) is 13.8 Å². The zero-order valence-electron chi connectivity index (χ0n) is 20.6. The van der Waals surface area contributed by atoms with E-state index < -0.39 is 6.10 Å². The summed E-state index contributed by atoms with van der Waals surface area (Å²) in [6.07, 6.45) is -0.784. The molecule has 36 heavy (non-hydrogen) atoms. The van der Waals surface area contributed by atoms with Gasteiger partial charge in [0.2, 0.25) is 0 Å². The maximum Gasteiger partial charge on any atom is 0.198 e. The number of aliphatic hydroxyl groups excluding tert-OH is 1. The molecule has 4 aromatic carbocycles. The van der Waals surface area contributed by atoms with Crippen molar-refractivity contribution in [1.82, 2.24) is 0 Å². The average Bonchev–Trinajstić information content (AvgIpc) is 2.90. The fraction of sp³-hybridized carbons (Fsp3) is 0.167. The molecule has 0 saturated heterocycles. The summed E-state index contributed by atoms with van der Waals surface area (Å²) >= 11 is 12.2. The number of aryl methyl sites for hydroxylation is 2. The third kappa shape index (κ3) is 6.46. The molecule has 0 spiro atoms. The van der Waals surface area contributed by atoms with Crippen LogP contribution in [-0.2, 0) is 0 Å². The van der Waals surface area contributed by atoms with Gasteiger partial charge in [0, 0.05) is 21.7 Å². The highest BCUT2D eigenvalue weighted by atomic mass is 35.5.